The normalized spacial score (nSPS) is 11.2. The Morgan fingerprint density at radius 1 is 1.21 bits per heavy atom. The Bertz CT molecular complexity index is 1080. The second kappa shape index (κ2) is 8.56. The maximum absolute atomic E-state index is 12.9. The molecule has 28 heavy (non-hydrogen) atoms. The molecule has 146 valence electrons. The highest BCUT2D eigenvalue weighted by molar-refractivity contribution is 7.99. The summed E-state index contributed by atoms with van der Waals surface area (Å²) < 4.78 is 1.64. The lowest BCUT2D eigenvalue weighted by molar-refractivity contribution is -0.113. The highest BCUT2D eigenvalue weighted by Gasteiger charge is 2.15. The first kappa shape index (κ1) is 20.1. The summed E-state index contributed by atoms with van der Waals surface area (Å²) >= 11 is 1.26. The van der Waals surface area contributed by atoms with E-state index in [-0.39, 0.29) is 23.1 Å². The van der Waals surface area contributed by atoms with Crippen molar-refractivity contribution in [3.8, 4) is 0 Å². The molecule has 1 amide bonds. The highest BCUT2D eigenvalue weighted by Crippen LogP contribution is 2.21. The molecule has 0 saturated carbocycles. The van der Waals surface area contributed by atoms with E-state index in [0.717, 1.165) is 16.8 Å². The van der Waals surface area contributed by atoms with Gasteiger partial charge in [0.1, 0.15) is 0 Å². The van der Waals surface area contributed by atoms with Gasteiger partial charge >= 0.3 is 0 Å². The number of nitrogens with one attached hydrogen (secondary N) is 1. The minimum Gasteiger partial charge on any atom is -0.325 e. The molecule has 0 radical (unpaired) electrons. The number of carbonyl (C=O) groups excluding carboxylic acids is 1. The van der Waals surface area contributed by atoms with Crippen molar-refractivity contribution in [2.45, 2.75) is 39.4 Å². The molecular weight excluding hydrogens is 372 g/mol. The first-order valence-electron chi connectivity index (χ1n) is 9.21. The number of hydrogen-bond donors (Lipinski definition) is 1. The van der Waals surface area contributed by atoms with Crippen molar-refractivity contribution in [2.24, 2.45) is 5.92 Å². The molecule has 0 spiro atoms. The Morgan fingerprint density at radius 3 is 2.75 bits per heavy atom. The molecule has 7 heteroatoms. The van der Waals surface area contributed by atoms with Crippen molar-refractivity contribution in [3.63, 3.8) is 0 Å². The van der Waals surface area contributed by atoms with Crippen LogP contribution in [0.3, 0.4) is 0 Å². The zero-order valence-corrected chi connectivity index (χ0v) is 17.3. The van der Waals surface area contributed by atoms with Gasteiger partial charge in [-0.3, -0.25) is 14.2 Å². The van der Waals surface area contributed by atoms with Gasteiger partial charge in [-0.15, -0.1) is 0 Å². The van der Waals surface area contributed by atoms with Crippen LogP contribution in [0.1, 0.15) is 25.0 Å². The van der Waals surface area contributed by atoms with E-state index >= 15 is 0 Å². The molecule has 3 aromatic rings. The first-order chi connectivity index (χ1) is 13.4. The third-order valence-corrected chi connectivity index (χ3v) is 5.43. The van der Waals surface area contributed by atoms with Crippen LogP contribution in [0.25, 0.3) is 11.0 Å². The highest BCUT2D eigenvalue weighted by atomic mass is 32.2. The van der Waals surface area contributed by atoms with Gasteiger partial charge in [0.25, 0.3) is 5.56 Å². The average Bonchev–Trinajstić information content (AvgIpc) is 2.66. The fraction of sp³-hybridized carbons (Fsp3) is 0.333. The summed E-state index contributed by atoms with van der Waals surface area (Å²) in [6.45, 7) is 8.62. The SMILES string of the molecule is Cc1cccc(NC(=O)CSc2nc3ncccc3c(=O)n2CC(C)C)c1C. The molecule has 0 aliphatic carbocycles. The third kappa shape index (κ3) is 4.42. The van der Waals surface area contributed by atoms with Gasteiger partial charge in [0.15, 0.2) is 10.8 Å². The van der Waals surface area contributed by atoms with Gasteiger partial charge in [0.2, 0.25) is 5.91 Å². The molecule has 0 saturated heterocycles. The molecule has 3 rings (SSSR count). The molecule has 2 heterocycles. The van der Waals surface area contributed by atoms with Gasteiger partial charge in [-0.2, -0.15) is 0 Å². The number of fused-ring (bicyclic) bond motifs is 1. The number of benzene rings is 1. The molecule has 1 aromatic carbocycles. The Hall–Kier alpha value is -2.67. The van der Waals surface area contributed by atoms with E-state index < -0.39 is 0 Å². The summed E-state index contributed by atoms with van der Waals surface area (Å²) in [5, 5.41) is 3.95. The van der Waals surface area contributed by atoms with Crippen LogP contribution in [0.4, 0.5) is 5.69 Å². The number of anilines is 1. The maximum Gasteiger partial charge on any atom is 0.263 e. The number of amides is 1. The average molecular weight is 397 g/mol. The molecule has 0 aliphatic rings. The van der Waals surface area contributed by atoms with E-state index in [2.05, 4.69) is 15.3 Å². The number of carbonyl (C=O) groups is 1. The van der Waals surface area contributed by atoms with E-state index in [9.17, 15) is 9.59 Å². The zero-order valence-electron chi connectivity index (χ0n) is 16.5. The maximum atomic E-state index is 12.9. The van der Waals surface area contributed by atoms with Crippen LogP contribution in [0.2, 0.25) is 0 Å². The van der Waals surface area contributed by atoms with E-state index in [1.165, 1.54) is 11.8 Å². The van der Waals surface area contributed by atoms with Crippen molar-refractivity contribution in [1.82, 2.24) is 14.5 Å². The molecule has 6 nitrogen and oxygen atoms in total. The smallest absolute Gasteiger partial charge is 0.263 e. The predicted molar refractivity (Wildman–Crippen MR) is 114 cm³/mol. The van der Waals surface area contributed by atoms with Gasteiger partial charge in [-0.25, -0.2) is 9.97 Å². The van der Waals surface area contributed by atoms with Crippen molar-refractivity contribution in [3.05, 3.63) is 58.0 Å². The summed E-state index contributed by atoms with van der Waals surface area (Å²) in [7, 11) is 0. The predicted octanol–water partition coefficient (Wildman–Crippen LogP) is 3.80. The van der Waals surface area contributed by atoms with E-state index in [0.29, 0.717) is 22.7 Å². The largest absolute Gasteiger partial charge is 0.325 e. The molecule has 0 unspecified atom stereocenters. The van der Waals surface area contributed by atoms with Crippen LogP contribution >= 0.6 is 11.8 Å². The molecule has 0 aliphatic heterocycles. The lowest BCUT2D eigenvalue weighted by Gasteiger charge is -2.15. The van der Waals surface area contributed by atoms with Crippen molar-refractivity contribution >= 4 is 34.4 Å². The van der Waals surface area contributed by atoms with Crippen molar-refractivity contribution in [1.29, 1.82) is 0 Å². The fourth-order valence-electron chi connectivity index (χ4n) is 2.88. The Morgan fingerprint density at radius 2 is 2.00 bits per heavy atom. The fourth-order valence-corrected chi connectivity index (χ4v) is 3.67. The van der Waals surface area contributed by atoms with Gasteiger partial charge in [-0.1, -0.05) is 37.7 Å². The Kier molecular flexibility index (Phi) is 6.14. The molecule has 0 atom stereocenters. The molecule has 2 aromatic heterocycles. The number of pyridine rings is 1. The molecular formula is C21H24N4O2S. The zero-order chi connectivity index (χ0) is 20.3. The van der Waals surface area contributed by atoms with Crippen molar-refractivity contribution < 1.29 is 4.79 Å². The summed E-state index contributed by atoms with van der Waals surface area (Å²) in [5.41, 5.74) is 3.26. The Balaban J connectivity index is 1.84. The van der Waals surface area contributed by atoms with E-state index in [1.54, 1.807) is 22.9 Å². The lowest BCUT2D eigenvalue weighted by Crippen LogP contribution is -2.26. The van der Waals surface area contributed by atoms with Gasteiger partial charge in [0.05, 0.1) is 11.1 Å². The van der Waals surface area contributed by atoms with Crippen LogP contribution in [0, 0.1) is 19.8 Å². The second-order valence-electron chi connectivity index (χ2n) is 7.16. The monoisotopic (exact) mass is 396 g/mol. The number of nitrogens with zero attached hydrogens (tertiary/aromatic N) is 3. The lowest BCUT2D eigenvalue weighted by atomic mass is 10.1. The number of hydrogen-bond acceptors (Lipinski definition) is 5. The Labute approximate surface area is 168 Å². The number of rotatable bonds is 6. The minimum absolute atomic E-state index is 0.121. The van der Waals surface area contributed by atoms with Crippen LogP contribution in [-0.4, -0.2) is 26.2 Å². The topological polar surface area (TPSA) is 76.9 Å². The number of aryl methyl sites for hydroxylation is 1. The van der Waals surface area contributed by atoms with Crippen LogP contribution in [0.5, 0.6) is 0 Å². The molecule has 0 bridgehead atoms. The molecule has 0 fully saturated rings. The van der Waals surface area contributed by atoms with Crippen LogP contribution in [-0.2, 0) is 11.3 Å². The summed E-state index contributed by atoms with van der Waals surface area (Å²) in [4.78, 5) is 34.1. The minimum atomic E-state index is -0.134. The number of aromatic nitrogens is 3. The summed E-state index contributed by atoms with van der Waals surface area (Å²) in [6.07, 6.45) is 1.61. The quantitative estimate of drug-likeness (QED) is 0.507. The number of thioether (sulfide) groups is 1. The van der Waals surface area contributed by atoms with Crippen LogP contribution < -0.4 is 10.9 Å². The second-order valence-corrected chi connectivity index (χ2v) is 8.11. The van der Waals surface area contributed by atoms with E-state index in [1.807, 2.05) is 45.9 Å². The summed E-state index contributed by atoms with van der Waals surface area (Å²) in [5.74, 6) is 0.304. The van der Waals surface area contributed by atoms with Crippen LogP contribution in [0.15, 0.2) is 46.5 Å². The molecule has 1 N–H and O–H groups in total. The summed E-state index contributed by atoms with van der Waals surface area (Å²) in [6, 6.07) is 9.28. The third-order valence-electron chi connectivity index (χ3n) is 4.45. The van der Waals surface area contributed by atoms with Crippen molar-refractivity contribution in [2.75, 3.05) is 11.1 Å². The van der Waals surface area contributed by atoms with Gasteiger partial charge in [0, 0.05) is 18.4 Å². The van der Waals surface area contributed by atoms with Gasteiger partial charge < -0.3 is 5.32 Å². The van der Waals surface area contributed by atoms with E-state index in [4.69, 9.17) is 0 Å². The standard InChI is InChI=1S/C21H24N4O2S/c1-13(2)11-25-20(27)16-8-6-10-22-19(16)24-21(25)28-12-18(26)23-17-9-5-7-14(3)15(17)4/h5-10,13H,11-12H2,1-4H3,(H,23,26). The first-order valence-corrected chi connectivity index (χ1v) is 10.2. The van der Waals surface area contributed by atoms with Gasteiger partial charge in [-0.05, 0) is 49.1 Å².